The van der Waals surface area contributed by atoms with Gasteiger partial charge in [-0.15, -0.1) is 0 Å². The van der Waals surface area contributed by atoms with E-state index in [0.717, 1.165) is 60.3 Å². The van der Waals surface area contributed by atoms with Crippen LogP contribution in [0.15, 0.2) is 60.8 Å². The van der Waals surface area contributed by atoms with Crippen molar-refractivity contribution in [3.05, 3.63) is 77.5 Å². The second-order valence-electron chi connectivity index (χ2n) is 11.2. The monoisotopic (exact) mass is 567 g/mol. The first kappa shape index (κ1) is 28.9. The summed E-state index contributed by atoms with van der Waals surface area (Å²) >= 11 is 0. The fourth-order valence-corrected chi connectivity index (χ4v) is 5.86. The summed E-state index contributed by atoms with van der Waals surface area (Å²) in [6.07, 6.45) is 6.84. The summed E-state index contributed by atoms with van der Waals surface area (Å²) in [4.78, 5) is 41.4. The molecule has 9 heteroatoms. The molecule has 9 nitrogen and oxygen atoms in total. The van der Waals surface area contributed by atoms with E-state index < -0.39 is 12.0 Å². The zero-order valence-electron chi connectivity index (χ0n) is 24.2. The molecular weight excluding hydrogens is 530 g/mol. The normalized spacial score (nSPS) is 14.4. The number of fused-ring (bicyclic) bond motifs is 1. The molecule has 1 aliphatic carbocycles. The van der Waals surface area contributed by atoms with E-state index in [2.05, 4.69) is 16.0 Å². The maximum atomic E-state index is 13.4. The van der Waals surface area contributed by atoms with Crippen LogP contribution < -0.4 is 16.0 Å². The Morgan fingerprint density at radius 3 is 2.33 bits per heavy atom. The highest BCUT2D eigenvalue weighted by Gasteiger charge is 2.28. The summed E-state index contributed by atoms with van der Waals surface area (Å²) in [6.45, 7) is 5.56. The van der Waals surface area contributed by atoms with Crippen LogP contribution in [0.3, 0.4) is 0 Å². The van der Waals surface area contributed by atoms with Crippen molar-refractivity contribution < 1.29 is 19.5 Å². The van der Waals surface area contributed by atoms with Crippen LogP contribution in [-0.2, 0) is 9.59 Å². The molecule has 5 rings (SSSR count). The Morgan fingerprint density at radius 1 is 1.00 bits per heavy atom. The molecule has 4 aromatic rings. The number of imidazole rings is 1. The van der Waals surface area contributed by atoms with Crippen LogP contribution in [0.4, 0.5) is 17.2 Å². The molecule has 0 bridgehead atoms. The molecule has 0 radical (unpaired) electrons. The topological polar surface area (TPSA) is 125 Å². The van der Waals surface area contributed by atoms with E-state index in [0.29, 0.717) is 22.6 Å². The van der Waals surface area contributed by atoms with E-state index in [9.17, 15) is 19.5 Å². The fourth-order valence-electron chi connectivity index (χ4n) is 5.86. The van der Waals surface area contributed by atoms with Crippen molar-refractivity contribution in [1.82, 2.24) is 14.7 Å². The molecule has 218 valence electrons. The van der Waals surface area contributed by atoms with E-state index in [1.165, 1.54) is 6.92 Å². The van der Waals surface area contributed by atoms with Crippen LogP contribution in [-0.4, -0.2) is 38.3 Å². The van der Waals surface area contributed by atoms with Crippen molar-refractivity contribution in [3.63, 3.8) is 0 Å². The van der Waals surface area contributed by atoms with Gasteiger partial charge >= 0.3 is 5.97 Å². The largest absolute Gasteiger partial charge is 0.481 e. The first-order valence-corrected chi connectivity index (χ1v) is 14.5. The van der Waals surface area contributed by atoms with Gasteiger partial charge in [0.1, 0.15) is 17.2 Å². The second kappa shape index (κ2) is 12.5. The number of nitrogens with zero attached hydrogens (tertiary/aromatic N) is 2. The van der Waals surface area contributed by atoms with Crippen LogP contribution in [0.1, 0.15) is 66.9 Å². The molecule has 1 saturated carbocycles. The molecule has 1 aliphatic rings. The number of aromatic nitrogens is 2. The van der Waals surface area contributed by atoms with E-state index in [1.54, 1.807) is 12.1 Å². The minimum absolute atomic E-state index is 0.0928. The Hall–Kier alpha value is -4.66. The third-order valence-electron chi connectivity index (χ3n) is 8.02. The first-order chi connectivity index (χ1) is 20.2. The number of hydrogen-bond donors (Lipinski definition) is 4. The first-order valence-electron chi connectivity index (χ1n) is 14.5. The molecule has 1 fully saturated rings. The highest BCUT2D eigenvalue weighted by molar-refractivity contribution is 5.96. The number of carbonyl (C=O) groups excluding carboxylic acids is 2. The Balaban J connectivity index is 1.51. The number of carbonyl (C=O) groups is 3. The van der Waals surface area contributed by atoms with Gasteiger partial charge in [0.05, 0.1) is 6.42 Å². The summed E-state index contributed by atoms with van der Waals surface area (Å²) in [5, 5.41) is 18.9. The van der Waals surface area contributed by atoms with Crippen LogP contribution in [0.2, 0.25) is 0 Å². The van der Waals surface area contributed by atoms with E-state index in [1.807, 2.05) is 66.9 Å². The Bertz CT molecular complexity index is 1600. The molecule has 2 aromatic carbocycles. The third kappa shape index (κ3) is 6.46. The summed E-state index contributed by atoms with van der Waals surface area (Å²) in [7, 11) is 0. The predicted octanol–water partition coefficient (Wildman–Crippen LogP) is 6.47. The van der Waals surface area contributed by atoms with Crippen molar-refractivity contribution in [1.29, 1.82) is 0 Å². The number of aliphatic carboxylic acids is 1. The zero-order valence-corrected chi connectivity index (χ0v) is 24.2. The number of carboxylic acid groups (broad SMARTS) is 1. The summed E-state index contributed by atoms with van der Waals surface area (Å²) in [6, 6.07) is 16.6. The molecule has 2 heterocycles. The Labute approximate surface area is 245 Å². The highest BCUT2D eigenvalue weighted by Crippen LogP contribution is 2.34. The third-order valence-corrected chi connectivity index (χ3v) is 8.02. The average molecular weight is 568 g/mol. The Kier molecular flexibility index (Phi) is 8.56. The molecule has 1 unspecified atom stereocenters. The number of anilines is 3. The maximum Gasteiger partial charge on any atom is 0.305 e. The van der Waals surface area contributed by atoms with Crippen LogP contribution >= 0.6 is 0 Å². The van der Waals surface area contributed by atoms with Crippen LogP contribution in [0.25, 0.3) is 16.9 Å². The van der Waals surface area contributed by atoms with Crippen LogP contribution in [0, 0.1) is 19.8 Å². The minimum Gasteiger partial charge on any atom is -0.481 e. The summed E-state index contributed by atoms with van der Waals surface area (Å²) in [5.74, 6) is -0.455. The summed E-state index contributed by atoms with van der Waals surface area (Å²) in [5.41, 5.74) is 6.35. The zero-order chi connectivity index (χ0) is 29.8. The van der Waals surface area contributed by atoms with E-state index in [4.69, 9.17) is 4.98 Å². The number of hydrogen-bond acceptors (Lipinski definition) is 5. The van der Waals surface area contributed by atoms with E-state index in [-0.39, 0.29) is 24.2 Å². The molecule has 0 saturated heterocycles. The lowest BCUT2D eigenvalue weighted by molar-refractivity contribution is -0.137. The van der Waals surface area contributed by atoms with Gasteiger partial charge in [0.25, 0.3) is 5.91 Å². The highest BCUT2D eigenvalue weighted by atomic mass is 16.4. The lowest BCUT2D eigenvalue weighted by Gasteiger charge is -2.30. The van der Waals surface area contributed by atoms with E-state index >= 15 is 0 Å². The van der Waals surface area contributed by atoms with Crippen molar-refractivity contribution in [3.8, 4) is 11.3 Å². The molecular formula is C33H37N5O4. The number of benzene rings is 2. The van der Waals surface area contributed by atoms with Gasteiger partial charge in [0.15, 0.2) is 0 Å². The number of nitrogens with one attached hydrogen (secondary N) is 3. The van der Waals surface area contributed by atoms with Crippen molar-refractivity contribution in [2.24, 2.45) is 5.92 Å². The van der Waals surface area contributed by atoms with Gasteiger partial charge in [-0.25, -0.2) is 4.98 Å². The maximum absolute atomic E-state index is 13.4. The van der Waals surface area contributed by atoms with Gasteiger partial charge < -0.3 is 21.1 Å². The summed E-state index contributed by atoms with van der Waals surface area (Å²) < 4.78 is 1.91. The number of para-hydroxylation sites is 1. The molecule has 0 aliphatic heterocycles. The SMILES string of the molecule is CC(=O)Nc1ccc(-c2nc3cc(C(=O)NC(CC(=O)O)C4CCCCC4)ccn3c2Nc2c(C)cccc2C)cc1. The predicted molar refractivity (Wildman–Crippen MR) is 164 cm³/mol. The molecule has 42 heavy (non-hydrogen) atoms. The molecule has 2 amide bonds. The fraction of sp³-hybridized carbons (Fsp3) is 0.333. The van der Waals surface area contributed by atoms with Crippen molar-refractivity contribution >= 4 is 40.6 Å². The number of amides is 2. The minimum atomic E-state index is -0.911. The molecule has 4 N–H and O–H groups in total. The van der Waals surface area contributed by atoms with Crippen molar-refractivity contribution in [2.45, 2.75) is 65.3 Å². The number of aryl methyl sites for hydroxylation is 2. The quantitative estimate of drug-likeness (QED) is 0.184. The molecule has 0 spiro atoms. The van der Waals surface area contributed by atoms with Gasteiger partial charge in [0, 0.05) is 41.7 Å². The van der Waals surface area contributed by atoms with Gasteiger partial charge in [-0.1, -0.05) is 49.6 Å². The Morgan fingerprint density at radius 2 is 1.69 bits per heavy atom. The van der Waals surface area contributed by atoms with Gasteiger partial charge in [-0.3, -0.25) is 18.8 Å². The average Bonchev–Trinajstić information content (AvgIpc) is 3.32. The van der Waals surface area contributed by atoms with Gasteiger partial charge in [0.2, 0.25) is 5.91 Å². The smallest absolute Gasteiger partial charge is 0.305 e. The lowest BCUT2D eigenvalue weighted by atomic mass is 9.82. The number of rotatable bonds is 9. The van der Waals surface area contributed by atoms with Crippen molar-refractivity contribution in [2.75, 3.05) is 10.6 Å². The van der Waals surface area contributed by atoms with Gasteiger partial charge in [-0.2, -0.15) is 0 Å². The van der Waals surface area contributed by atoms with Gasteiger partial charge in [-0.05, 0) is 68.0 Å². The number of carboxylic acids is 1. The second-order valence-corrected chi connectivity index (χ2v) is 11.2. The standard InChI is InChI=1S/C33H37N5O4/c1-20-8-7-9-21(2)30(20)37-32-31(24-12-14-26(15-13-24)34-22(3)39)36-28-18-25(16-17-38(28)32)33(42)35-27(19-29(40)41)23-10-5-4-6-11-23/h7-9,12-18,23,27,37H,4-6,10-11,19H2,1-3H3,(H,34,39)(H,35,42)(H,40,41). The lowest BCUT2D eigenvalue weighted by Crippen LogP contribution is -2.42. The molecule has 2 aromatic heterocycles. The molecule has 1 atom stereocenters. The number of pyridine rings is 1. The van der Waals surface area contributed by atoms with Crippen LogP contribution in [0.5, 0.6) is 0 Å².